The highest BCUT2D eigenvalue weighted by Crippen LogP contribution is 2.22. The van der Waals surface area contributed by atoms with Crippen LogP contribution in [-0.2, 0) is 6.42 Å². The van der Waals surface area contributed by atoms with Crippen molar-refractivity contribution in [2.45, 2.75) is 26.3 Å². The fourth-order valence-electron chi connectivity index (χ4n) is 2.25. The average molecular weight is 323 g/mol. The predicted octanol–water partition coefficient (Wildman–Crippen LogP) is 3.31. The van der Waals surface area contributed by atoms with Crippen LogP contribution < -0.4 is 5.32 Å². The van der Waals surface area contributed by atoms with Gasteiger partial charge >= 0.3 is 5.97 Å². The van der Waals surface area contributed by atoms with E-state index in [-0.39, 0.29) is 22.6 Å². The molecule has 0 aliphatic rings. The summed E-state index contributed by atoms with van der Waals surface area (Å²) < 4.78 is 32.6. The molecule has 0 saturated heterocycles. The molecule has 1 aromatic carbocycles. The molecule has 1 unspecified atom stereocenters. The molecule has 0 radical (unpaired) electrons. The van der Waals surface area contributed by atoms with Crippen LogP contribution in [0.5, 0.6) is 0 Å². The lowest BCUT2D eigenvalue weighted by Gasteiger charge is -2.14. The van der Waals surface area contributed by atoms with Gasteiger partial charge < -0.3 is 14.8 Å². The second kappa shape index (κ2) is 6.60. The Morgan fingerprint density at radius 1 is 1.30 bits per heavy atom. The molecule has 0 bridgehead atoms. The molecule has 2 N–H and O–H groups in total. The third-order valence-electron chi connectivity index (χ3n) is 3.36. The van der Waals surface area contributed by atoms with Gasteiger partial charge in [-0.05, 0) is 19.1 Å². The Hall–Kier alpha value is -2.70. The molecular weight excluding hydrogens is 308 g/mol. The van der Waals surface area contributed by atoms with Gasteiger partial charge in [0, 0.05) is 18.1 Å². The number of halogens is 2. The number of hydrogen-bond acceptors (Lipinski definition) is 3. The van der Waals surface area contributed by atoms with Crippen LogP contribution in [0.25, 0.3) is 0 Å². The number of aromatic carboxylic acids is 1. The number of carbonyl (C=O) groups excluding carboxylic acids is 1. The van der Waals surface area contributed by atoms with Crippen molar-refractivity contribution < 1.29 is 27.9 Å². The number of carboxylic acids is 1. The van der Waals surface area contributed by atoms with Crippen molar-refractivity contribution >= 4 is 11.9 Å². The molecule has 2 rings (SSSR count). The predicted molar refractivity (Wildman–Crippen MR) is 77.3 cm³/mol. The average Bonchev–Trinajstić information content (AvgIpc) is 2.91. The summed E-state index contributed by atoms with van der Waals surface area (Å²) in [6.07, 6.45) is 0.298. The third-order valence-corrected chi connectivity index (χ3v) is 3.36. The van der Waals surface area contributed by atoms with Crippen LogP contribution in [-0.4, -0.2) is 17.0 Å². The highest BCUT2D eigenvalue weighted by Gasteiger charge is 2.23. The second-order valence-corrected chi connectivity index (χ2v) is 4.94. The van der Waals surface area contributed by atoms with Gasteiger partial charge in [0.1, 0.15) is 23.0 Å². The van der Waals surface area contributed by atoms with Gasteiger partial charge in [-0.25, -0.2) is 13.6 Å². The molecule has 0 aliphatic heterocycles. The van der Waals surface area contributed by atoms with E-state index in [1.807, 2.05) is 0 Å². The highest BCUT2D eigenvalue weighted by atomic mass is 19.1. The van der Waals surface area contributed by atoms with Gasteiger partial charge in [0.2, 0.25) is 0 Å². The number of carboxylic acid groups (broad SMARTS) is 1. The van der Waals surface area contributed by atoms with Gasteiger partial charge in [-0.15, -0.1) is 0 Å². The van der Waals surface area contributed by atoms with Crippen molar-refractivity contribution in [1.29, 1.82) is 0 Å². The van der Waals surface area contributed by atoms with E-state index in [0.717, 1.165) is 18.2 Å². The van der Waals surface area contributed by atoms with Crippen molar-refractivity contribution in [2.24, 2.45) is 0 Å². The van der Waals surface area contributed by atoms with Crippen molar-refractivity contribution in [3.63, 3.8) is 0 Å². The van der Waals surface area contributed by atoms with Gasteiger partial charge in [0.05, 0.1) is 6.04 Å². The zero-order chi connectivity index (χ0) is 17.1. The minimum absolute atomic E-state index is 0.109. The molecule has 1 heterocycles. The van der Waals surface area contributed by atoms with Crippen LogP contribution in [0, 0.1) is 11.6 Å². The number of hydrogen-bond donors (Lipinski definition) is 2. The van der Waals surface area contributed by atoms with E-state index in [1.165, 1.54) is 13.0 Å². The minimum atomic E-state index is -1.21. The summed E-state index contributed by atoms with van der Waals surface area (Å²) in [6.45, 7) is 3.10. The first-order valence-electron chi connectivity index (χ1n) is 6.95. The molecular formula is C16H15F2NO4. The number of furan rings is 1. The summed E-state index contributed by atoms with van der Waals surface area (Å²) in [5.41, 5.74) is -0.385. The monoisotopic (exact) mass is 323 g/mol. The molecule has 1 amide bonds. The first-order chi connectivity index (χ1) is 10.8. The molecule has 2 aromatic rings. The van der Waals surface area contributed by atoms with Crippen molar-refractivity contribution in [2.75, 3.05) is 0 Å². The Morgan fingerprint density at radius 2 is 1.91 bits per heavy atom. The Balaban J connectivity index is 2.24. The molecule has 5 nitrogen and oxygen atoms in total. The Labute approximate surface area is 130 Å². The van der Waals surface area contributed by atoms with Crippen LogP contribution in [0.1, 0.15) is 52.1 Å². The summed E-state index contributed by atoms with van der Waals surface area (Å²) in [7, 11) is 0. The smallest absolute Gasteiger partial charge is 0.339 e. The number of nitrogens with one attached hydrogen (secondary N) is 1. The van der Waals surface area contributed by atoms with Crippen molar-refractivity contribution in [1.82, 2.24) is 5.32 Å². The normalized spacial score (nSPS) is 12.0. The van der Waals surface area contributed by atoms with Crippen molar-refractivity contribution in [3.8, 4) is 0 Å². The van der Waals surface area contributed by atoms with E-state index in [4.69, 9.17) is 9.52 Å². The van der Waals surface area contributed by atoms with Gasteiger partial charge in [0.15, 0.2) is 5.76 Å². The molecule has 1 atom stereocenters. The quantitative estimate of drug-likeness (QED) is 0.885. The van der Waals surface area contributed by atoms with Crippen molar-refractivity contribution in [3.05, 3.63) is 58.5 Å². The summed E-state index contributed by atoms with van der Waals surface area (Å²) >= 11 is 0. The van der Waals surface area contributed by atoms with Crippen LogP contribution in [0.15, 0.2) is 28.7 Å². The lowest BCUT2D eigenvalue weighted by atomic mass is 10.1. The Bertz CT molecular complexity index is 734. The number of carbonyl (C=O) groups is 2. The molecule has 0 aliphatic carbocycles. The summed E-state index contributed by atoms with van der Waals surface area (Å²) in [5.74, 6) is -3.58. The Morgan fingerprint density at radius 3 is 2.39 bits per heavy atom. The molecule has 23 heavy (non-hydrogen) atoms. The fourth-order valence-corrected chi connectivity index (χ4v) is 2.25. The summed E-state index contributed by atoms with van der Waals surface area (Å²) in [4.78, 5) is 23.2. The van der Waals surface area contributed by atoms with E-state index in [9.17, 15) is 18.4 Å². The van der Waals surface area contributed by atoms with E-state index in [1.54, 1.807) is 6.92 Å². The molecule has 0 saturated carbocycles. The number of amides is 1. The summed E-state index contributed by atoms with van der Waals surface area (Å²) in [5, 5.41) is 11.4. The van der Waals surface area contributed by atoms with E-state index in [2.05, 4.69) is 5.32 Å². The topological polar surface area (TPSA) is 79.5 Å². The van der Waals surface area contributed by atoms with Crippen LogP contribution in [0.2, 0.25) is 0 Å². The Kier molecular flexibility index (Phi) is 4.78. The highest BCUT2D eigenvalue weighted by molar-refractivity contribution is 5.96. The fraction of sp³-hybridized carbons (Fsp3) is 0.250. The zero-order valence-corrected chi connectivity index (χ0v) is 12.5. The van der Waals surface area contributed by atoms with Crippen LogP contribution in [0.3, 0.4) is 0 Å². The zero-order valence-electron chi connectivity index (χ0n) is 12.5. The molecule has 1 aromatic heterocycles. The maximum atomic E-state index is 13.7. The molecule has 0 spiro atoms. The van der Waals surface area contributed by atoms with E-state index >= 15 is 0 Å². The number of aryl methyl sites for hydroxylation is 1. The lowest BCUT2D eigenvalue weighted by Crippen LogP contribution is -2.27. The molecule has 7 heteroatoms. The minimum Gasteiger partial charge on any atom is -0.478 e. The van der Waals surface area contributed by atoms with Gasteiger partial charge in [-0.1, -0.05) is 13.0 Å². The van der Waals surface area contributed by atoms with Gasteiger partial charge in [-0.2, -0.15) is 0 Å². The van der Waals surface area contributed by atoms with Crippen LogP contribution >= 0.6 is 0 Å². The third kappa shape index (κ3) is 3.39. The number of benzene rings is 1. The lowest BCUT2D eigenvalue weighted by molar-refractivity contribution is 0.0694. The molecule has 122 valence electrons. The second-order valence-electron chi connectivity index (χ2n) is 4.94. The van der Waals surface area contributed by atoms with Gasteiger partial charge in [-0.3, -0.25) is 4.79 Å². The first kappa shape index (κ1) is 16.7. The van der Waals surface area contributed by atoms with Crippen LogP contribution in [0.4, 0.5) is 8.78 Å². The maximum Gasteiger partial charge on any atom is 0.339 e. The standard InChI is InChI=1S/C16H15F2NO4/c1-3-12-9(16(21)22)7-13(23-12)15(20)19-8(2)14-10(17)5-4-6-11(14)18/h4-8H,3H2,1-2H3,(H,19,20)(H,21,22). The summed E-state index contributed by atoms with van der Waals surface area (Å²) in [6, 6.07) is 3.55. The largest absolute Gasteiger partial charge is 0.478 e. The maximum absolute atomic E-state index is 13.7. The van der Waals surface area contributed by atoms with E-state index < -0.39 is 29.6 Å². The molecule has 0 fully saturated rings. The first-order valence-corrected chi connectivity index (χ1v) is 6.95. The van der Waals surface area contributed by atoms with E-state index in [0.29, 0.717) is 6.42 Å². The SMILES string of the molecule is CCc1oc(C(=O)NC(C)c2c(F)cccc2F)cc1C(=O)O. The number of rotatable bonds is 5. The van der Waals surface area contributed by atoms with Gasteiger partial charge in [0.25, 0.3) is 5.91 Å².